The van der Waals surface area contributed by atoms with E-state index in [1.807, 2.05) is 37.3 Å². The molecule has 0 saturated heterocycles. The van der Waals surface area contributed by atoms with Crippen molar-refractivity contribution >= 4 is 22.6 Å². The minimum absolute atomic E-state index is 0.223. The molecule has 1 unspecified atom stereocenters. The van der Waals surface area contributed by atoms with Crippen LogP contribution in [0.25, 0.3) is 11.0 Å². The van der Waals surface area contributed by atoms with Crippen LogP contribution in [0.15, 0.2) is 53.1 Å². The van der Waals surface area contributed by atoms with E-state index >= 15 is 0 Å². The fourth-order valence-corrected chi connectivity index (χ4v) is 2.16. The van der Waals surface area contributed by atoms with E-state index in [1.165, 1.54) is 6.20 Å². The van der Waals surface area contributed by atoms with E-state index in [0.717, 1.165) is 11.0 Å². The number of nitrogens with one attached hydrogen (secondary N) is 1. The van der Waals surface area contributed by atoms with Crippen LogP contribution in [0.5, 0.6) is 0 Å². The summed E-state index contributed by atoms with van der Waals surface area (Å²) in [7, 11) is 0. The molecule has 0 spiro atoms. The predicted octanol–water partition coefficient (Wildman–Crippen LogP) is 2.90. The molecule has 3 aromatic rings. The van der Waals surface area contributed by atoms with Gasteiger partial charge in [0.25, 0.3) is 5.91 Å². The topological polar surface area (TPSA) is 81.2 Å². The van der Waals surface area contributed by atoms with Crippen LogP contribution in [0, 0.1) is 0 Å². The van der Waals surface area contributed by atoms with Gasteiger partial charge in [-0.15, -0.1) is 0 Å². The number of hydrogen-bond donors (Lipinski definition) is 2. The van der Waals surface area contributed by atoms with Gasteiger partial charge in [0.2, 0.25) is 0 Å². The third kappa shape index (κ3) is 2.58. The minimum atomic E-state index is -0.318. The molecule has 21 heavy (non-hydrogen) atoms. The highest BCUT2D eigenvalue weighted by atomic mass is 16.3. The fraction of sp³-hybridized carbons (Fsp3) is 0.125. The van der Waals surface area contributed by atoms with Crippen molar-refractivity contribution in [3.05, 3.63) is 60.1 Å². The van der Waals surface area contributed by atoms with E-state index in [9.17, 15) is 4.79 Å². The maximum absolute atomic E-state index is 12.2. The van der Waals surface area contributed by atoms with Crippen LogP contribution < -0.4 is 11.1 Å². The zero-order valence-corrected chi connectivity index (χ0v) is 11.5. The Labute approximate surface area is 121 Å². The summed E-state index contributed by atoms with van der Waals surface area (Å²) in [5.41, 5.74) is 7.12. The van der Waals surface area contributed by atoms with Gasteiger partial charge in [-0.3, -0.25) is 4.79 Å². The maximum Gasteiger partial charge on any atom is 0.272 e. The number of anilines is 1. The Bertz CT molecular complexity index is 762. The van der Waals surface area contributed by atoms with Crippen LogP contribution in [0.2, 0.25) is 0 Å². The van der Waals surface area contributed by atoms with Crippen LogP contribution in [-0.2, 0) is 0 Å². The molecule has 2 heterocycles. The molecular formula is C16H15N3O2. The third-order valence-electron chi connectivity index (χ3n) is 3.27. The van der Waals surface area contributed by atoms with Crippen LogP contribution in [0.3, 0.4) is 0 Å². The molecule has 0 saturated carbocycles. The van der Waals surface area contributed by atoms with Gasteiger partial charge in [-0.05, 0) is 31.2 Å². The molecule has 1 atom stereocenters. The first-order valence-corrected chi connectivity index (χ1v) is 6.65. The highest BCUT2D eigenvalue weighted by molar-refractivity contribution is 5.97. The number of amides is 1. The molecule has 1 aromatic carbocycles. The average Bonchev–Trinajstić information content (AvgIpc) is 2.91. The number of aromatic nitrogens is 1. The van der Waals surface area contributed by atoms with E-state index in [4.69, 9.17) is 10.2 Å². The van der Waals surface area contributed by atoms with Gasteiger partial charge in [-0.2, -0.15) is 0 Å². The number of carbonyl (C=O) groups is 1. The normalized spacial score (nSPS) is 12.2. The van der Waals surface area contributed by atoms with Gasteiger partial charge in [0.15, 0.2) is 5.69 Å². The summed E-state index contributed by atoms with van der Waals surface area (Å²) in [6, 6.07) is 12.7. The molecule has 0 aliphatic heterocycles. The summed E-state index contributed by atoms with van der Waals surface area (Å²) >= 11 is 0. The smallest absolute Gasteiger partial charge is 0.272 e. The van der Waals surface area contributed by atoms with Crippen molar-refractivity contribution in [1.82, 2.24) is 10.3 Å². The van der Waals surface area contributed by atoms with Crippen molar-refractivity contribution in [2.45, 2.75) is 13.0 Å². The Hall–Kier alpha value is -2.82. The van der Waals surface area contributed by atoms with Crippen molar-refractivity contribution in [3.8, 4) is 0 Å². The Morgan fingerprint density at radius 3 is 2.86 bits per heavy atom. The number of rotatable bonds is 3. The average molecular weight is 281 g/mol. The first-order chi connectivity index (χ1) is 10.1. The van der Waals surface area contributed by atoms with Crippen LogP contribution >= 0.6 is 0 Å². The number of pyridine rings is 1. The van der Waals surface area contributed by atoms with E-state index < -0.39 is 0 Å². The van der Waals surface area contributed by atoms with Crippen LogP contribution in [0.1, 0.15) is 29.2 Å². The molecule has 5 nitrogen and oxygen atoms in total. The van der Waals surface area contributed by atoms with Crippen molar-refractivity contribution in [2.75, 3.05) is 5.73 Å². The lowest BCUT2D eigenvalue weighted by Gasteiger charge is -2.11. The number of nitrogen functional groups attached to an aromatic ring is 1. The second kappa shape index (κ2) is 5.28. The lowest BCUT2D eigenvalue weighted by Crippen LogP contribution is -2.27. The second-order valence-electron chi connectivity index (χ2n) is 4.82. The standard InChI is InChI=1S/C16H15N3O2/c1-10(14-9-11-5-2-3-7-13(11)21-14)19-16(20)15-12(17)6-4-8-18-15/h2-10H,17H2,1H3,(H,19,20). The van der Waals surface area contributed by atoms with E-state index in [0.29, 0.717) is 11.4 Å². The van der Waals surface area contributed by atoms with Gasteiger partial charge in [-0.25, -0.2) is 4.98 Å². The number of nitrogens with zero attached hydrogens (tertiary/aromatic N) is 1. The Morgan fingerprint density at radius 1 is 1.29 bits per heavy atom. The summed E-state index contributed by atoms with van der Waals surface area (Å²) in [6.45, 7) is 1.86. The largest absolute Gasteiger partial charge is 0.459 e. The van der Waals surface area contributed by atoms with Crippen molar-refractivity contribution in [2.24, 2.45) is 0 Å². The Morgan fingerprint density at radius 2 is 2.10 bits per heavy atom. The first-order valence-electron chi connectivity index (χ1n) is 6.65. The highest BCUT2D eigenvalue weighted by Crippen LogP contribution is 2.23. The van der Waals surface area contributed by atoms with E-state index in [-0.39, 0.29) is 17.6 Å². The molecular weight excluding hydrogens is 266 g/mol. The predicted molar refractivity (Wildman–Crippen MR) is 80.7 cm³/mol. The molecule has 106 valence electrons. The SMILES string of the molecule is CC(NC(=O)c1ncccc1N)c1cc2ccccc2o1. The molecule has 0 radical (unpaired) electrons. The number of carbonyl (C=O) groups excluding carboxylic acids is 1. The monoisotopic (exact) mass is 281 g/mol. The van der Waals surface area contributed by atoms with Crippen molar-refractivity contribution < 1.29 is 9.21 Å². The van der Waals surface area contributed by atoms with Gasteiger partial charge in [-0.1, -0.05) is 18.2 Å². The van der Waals surface area contributed by atoms with Crippen molar-refractivity contribution in [3.63, 3.8) is 0 Å². The number of furan rings is 1. The van der Waals surface area contributed by atoms with Gasteiger partial charge >= 0.3 is 0 Å². The van der Waals surface area contributed by atoms with Gasteiger partial charge < -0.3 is 15.5 Å². The van der Waals surface area contributed by atoms with Crippen LogP contribution in [0.4, 0.5) is 5.69 Å². The third-order valence-corrected chi connectivity index (χ3v) is 3.27. The number of benzene rings is 1. The second-order valence-corrected chi connectivity index (χ2v) is 4.82. The summed E-state index contributed by atoms with van der Waals surface area (Å²) in [5, 5.41) is 3.84. The molecule has 0 aliphatic rings. The van der Waals surface area contributed by atoms with Gasteiger partial charge in [0.1, 0.15) is 11.3 Å². The molecule has 2 aromatic heterocycles. The molecule has 0 fully saturated rings. The van der Waals surface area contributed by atoms with E-state index in [2.05, 4.69) is 10.3 Å². The van der Waals surface area contributed by atoms with Gasteiger partial charge in [0.05, 0.1) is 11.7 Å². The van der Waals surface area contributed by atoms with E-state index in [1.54, 1.807) is 12.1 Å². The summed E-state index contributed by atoms with van der Waals surface area (Å²) in [6.07, 6.45) is 1.54. The Balaban J connectivity index is 1.81. The number of fused-ring (bicyclic) bond motifs is 1. The molecule has 3 N–H and O–H groups in total. The fourth-order valence-electron chi connectivity index (χ4n) is 2.16. The highest BCUT2D eigenvalue weighted by Gasteiger charge is 2.17. The van der Waals surface area contributed by atoms with Crippen LogP contribution in [-0.4, -0.2) is 10.9 Å². The first kappa shape index (κ1) is 13.2. The molecule has 5 heteroatoms. The summed E-state index contributed by atoms with van der Waals surface area (Å²) in [4.78, 5) is 16.2. The molecule has 0 bridgehead atoms. The number of nitrogens with two attached hydrogens (primary N) is 1. The lowest BCUT2D eigenvalue weighted by molar-refractivity contribution is 0.0931. The summed E-state index contributed by atoms with van der Waals surface area (Å²) in [5.74, 6) is 0.375. The zero-order valence-electron chi connectivity index (χ0n) is 11.5. The number of hydrogen-bond acceptors (Lipinski definition) is 4. The Kier molecular flexibility index (Phi) is 3.31. The lowest BCUT2D eigenvalue weighted by atomic mass is 10.2. The zero-order chi connectivity index (χ0) is 14.8. The molecule has 0 aliphatic carbocycles. The quantitative estimate of drug-likeness (QED) is 0.773. The minimum Gasteiger partial charge on any atom is -0.459 e. The molecule has 3 rings (SSSR count). The van der Waals surface area contributed by atoms with Gasteiger partial charge in [0, 0.05) is 11.6 Å². The maximum atomic E-state index is 12.2. The molecule has 1 amide bonds. The summed E-state index contributed by atoms with van der Waals surface area (Å²) < 4.78 is 5.73. The number of para-hydroxylation sites is 1. The van der Waals surface area contributed by atoms with Crippen molar-refractivity contribution in [1.29, 1.82) is 0 Å².